The fourth-order valence-corrected chi connectivity index (χ4v) is 3.30. The van der Waals surface area contributed by atoms with E-state index in [2.05, 4.69) is 29.4 Å². The summed E-state index contributed by atoms with van der Waals surface area (Å²) in [5.74, 6) is 0. The van der Waals surface area contributed by atoms with Gasteiger partial charge in [0, 0.05) is 42.4 Å². The monoisotopic (exact) mass is 395 g/mol. The zero-order valence-corrected chi connectivity index (χ0v) is 17.2. The minimum absolute atomic E-state index is 0.0982. The highest BCUT2D eigenvalue weighted by molar-refractivity contribution is 6.07. The standard InChI is InChI=1S/C21H29N7O/c1-4-18(5-2)27-13-17(12-25-27)21-20-6-8-24-28(20)14-19(26-21)16(10-22)11-23-15(3)7-9-29/h6,8,10-15,18,22-23,29H,4-5,7,9H2,1-3H3/b16-11+,22-10?. The van der Waals surface area contributed by atoms with E-state index < -0.39 is 0 Å². The zero-order valence-electron chi connectivity index (χ0n) is 17.2. The van der Waals surface area contributed by atoms with Crippen molar-refractivity contribution in [1.29, 1.82) is 5.41 Å². The summed E-state index contributed by atoms with van der Waals surface area (Å²) in [4.78, 5) is 4.84. The minimum Gasteiger partial charge on any atom is -0.396 e. The summed E-state index contributed by atoms with van der Waals surface area (Å²) in [6.45, 7) is 6.42. The second kappa shape index (κ2) is 9.47. The number of fused-ring (bicyclic) bond motifs is 1. The van der Waals surface area contributed by atoms with Crippen LogP contribution in [0.2, 0.25) is 0 Å². The number of nitrogens with one attached hydrogen (secondary N) is 2. The van der Waals surface area contributed by atoms with Crippen LogP contribution in [-0.2, 0) is 0 Å². The highest BCUT2D eigenvalue weighted by Gasteiger charge is 2.15. The quantitative estimate of drug-likeness (QED) is 0.457. The summed E-state index contributed by atoms with van der Waals surface area (Å²) in [7, 11) is 0. The summed E-state index contributed by atoms with van der Waals surface area (Å²) >= 11 is 0. The van der Waals surface area contributed by atoms with E-state index in [1.165, 1.54) is 6.21 Å². The van der Waals surface area contributed by atoms with Crippen molar-refractivity contribution in [3.63, 3.8) is 0 Å². The van der Waals surface area contributed by atoms with Gasteiger partial charge in [-0.1, -0.05) is 13.8 Å². The summed E-state index contributed by atoms with van der Waals surface area (Å²) < 4.78 is 3.78. The van der Waals surface area contributed by atoms with Gasteiger partial charge < -0.3 is 15.8 Å². The van der Waals surface area contributed by atoms with Crippen LogP contribution in [0.25, 0.3) is 22.3 Å². The van der Waals surface area contributed by atoms with Crippen molar-refractivity contribution in [3.8, 4) is 11.3 Å². The van der Waals surface area contributed by atoms with Crippen LogP contribution in [0.15, 0.2) is 37.1 Å². The number of allylic oxidation sites excluding steroid dienone is 1. The molecule has 0 amide bonds. The molecule has 0 aliphatic heterocycles. The topological polar surface area (TPSA) is 104 Å². The highest BCUT2D eigenvalue weighted by atomic mass is 16.3. The Morgan fingerprint density at radius 3 is 2.76 bits per heavy atom. The van der Waals surface area contributed by atoms with Gasteiger partial charge in [-0.05, 0) is 32.3 Å². The fraction of sp³-hybridized carbons (Fsp3) is 0.429. The zero-order chi connectivity index (χ0) is 20.8. The first-order valence-corrected chi connectivity index (χ1v) is 10.1. The van der Waals surface area contributed by atoms with Gasteiger partial charge in [0.15, 0.2) is 0 Å². The molecule has 154 valence electrons. The van der Waals surface area contributed by atoms with Crippen LogP contribution < -0.4 is 5.32 Å². The maximum atomic E-state index is 9.07. The predicted molar refractivity (Wildman–Crippen MR) is 115 cm³/mol. The first kappa shape index (κ1) is 20.7. The lowest BCUT2D eigenvalue weighted by atomic mass is 10.1. The Bertz CT molecular complexity index is 984. The number of aromatic nitrogens is 5. The first-order chi connectivity index (χ1) is 14.1. The molecule has 3 aromatic rings. The minimum atomic E-state index is 0.0982. The summed E-state index contributed by atoms with van der Waals surface area (Å²) in [6, 6.07) is 2.39. The molecule has 3 rings (SSSR count). The van der Waals surface area contributed by atoms with Gasteiger partial charge in [0.2, 0.25) is 0 Å². The van der Waals surface area contributed by atoms with Crippen LogP contribution in [-0.4, -0.2) is 48.3 Å². The molecule has 8 heteroatoms. The Balaban J connectivity index is 2.02. The molecule has 3 N–H and O–H groups in total. The Kier molecular flexibility index (Phi) is 6.77. The second-order valence-corrected chi connectivity index (χ2v) is 7.14. The van der Waals surface area contributed by atoms with Gasteiger partial charge in [-0.25, -0.2) is 9.50 Å². The van der Waals surface area contributed by atoms with Crippen molar-refractivity contribution < 1.29 is 5.11 Å². The molecule has 0 saturated heterocycles. The van der Waals surface area contributed by atoms with Gasteiger partial charge in [-0.3, -0.25) is 4.68 Å². The molecule has 3 aromatic heterocycles. The molecule has 0 aliphatic carbocycles. The van der Waals surface area contributed by atoms with Crippen molar-refractivity contribution in [2.75, 3.05) is 6.61 Å². The molecule has 0 spiro atoms. The van der Waals surface area contributed by atoms with Gasteiger partial charge in [0.25, 0.3) is 0 Å². The van der Waals surface area contributed by atoms with Gasteiger partial charge in [-0.15, -0.1) is 0 Å². The first-order valence-electron chi connectivity index (χ1n) is 10.1. The van der Waals surface area contributed by atoms with Crippen LogP contribution in [0.4, 0.5) is 0 Å². The average molecular weight is 396 g/mol. The third-order valence-corrected chi connectivity index (χ3v) is 5.12. The molecule has 0 fully saturated rings. The van der Waals surface area contributed by atoms with Crippen molar-refractivity contribution in [1.82, 2.24) is 29.7 Å². The maximum Gasteiger partial charge on any atom is 0.0999 e. The molecule has 0 aromatic carbocycles. The van der Waals surface area contributed by atoms with Crippen molar-refractivity contribution in [3.05, 3.63) is 42.7 Å². The molecule has 1 unspecified atom stereocenters. The van der Waals surface area contributed by atoms with Crippen LogP contribution in [0.5, 0.6) is 0 Å². The molecule has 8 nitrogen and oxygen atoms in total. The van der Waals surface area contributed by atoms with Crippen molar-refractivity contribution in [2.45, 2.75) is 52.1 Å². The third kappa shape index (κ3) is 4.54. The second-order valence-electron chi connectivity index (χ2n) is 7.14. The molecule has 1 atom stereocenters. The van der Waals surface area contributed by atoms with Gasteiger partial charge in [0.1, 0.15) is 0 Å². The van der Waals surface area contributed by atoms with Crippen molar-refractivity contribution >= 4 is 17.3 Å². The molecule has 3 heterocycles. The van der Waals surface area contributed by atoms with E-state index in [0.29, 0.717) is 23.7 Å². The number of nitrogens with zero attached hydrogens (tertiary/aromatic N) is 5. The number of aliphatic hydroxyl groups is 1. The molecular weight excluding hydrogens is 366 g/mol. The van der Waals surface area contributed by atoms with E-state index in [4.69, 9.17) is 15.5 Å². The lowest BCUT2D eigenvalue weighted by Crippen LogP contribution is -2.22. The number of hydrogen-bond acceptors (Lipinski definition) is 6. The van der Waals surface area contributed by atoms with Gasteiger partial charge in [0.05, 0.1) is 41.5 Å². The number of rotatable bonds is 10. The van der Waals surface area contributed by atoms with Crippen LogP contribution >= 0.6 is 0 Å². The normalized spacial score (nSPS) is 13.2. The largest absolute Gasteiger partial charge is 0.396 e. The molecule has 0 saturated carbocycles. The van der Waals surface area contributed by atoms with E-state index in [9.17, 15) is 0 Å². The Morgan fingerprint density at radius 2 is 2.07 bits per heavy atom. The van der Waals surface area contributed by atoms with Crippen molar-refractivity contribution in [2.24, 2.45) is 0 Å². The summed E-state index contributed by atoms with van der Waals surface area (Å²) in [5, 5.41) is 29.0. The van der Waals surface area contributed by atoms with E-state index in [0.717, 1.165) is 29.6 Å². The molecule has 0 aliphatic rings. The predicted octanol–water partition coefficient (Wildman–Crippen LogP) is 3.30. The lowest BCUT2D eigenvalue weighted by molar-refractivity contribution is 0.273. The van der Waals surface area contributed by atoms with Crippen LogP contribution in [0, 0.1) is 5.41 Å². The van der Waals surface area contributed by atoms with E-state index >= 15 is 0 Å². The Hall–Kier alpha value is -3.00. The van der Waals surface area contributed by atoms with E-state index in [-0.39, 0.29) is 12.6 Å². The third-order valence-electron chi connectivity index (χ3n) is 5.12. The number of hydrogen-bond donors (Lipinski definition) is 3. The molecule has 0 bridgehead atoms. The van der Waals surface area contributed by atoms with E-state index in [1.54, 1.807) is 16.9 Å². The molecular formula is C21H29N7O. The highest BCUT2D eigenvalue weighted by Crippen LogP contribution is 2.26. The molecule has 0 radical (unpaired) electrons. The van der Waals surface area contributed by atoms with Gasteiger partial charge in [-0.2, -0.15) is 10.2 Å². The smallest absolute Gasteiger partial charge is 0.0999 e. The SMILES string of the molecule is CCC(CC)n1cc(-c2nc(/C(C=N)=C/NC(C)CCO)cn3nccc23)cn1. The summed E-state index contributed by atoms with van der Waals surface area (Å²) in [6.07, 6.45) is 13.1. The lowest BCUT2D eigenvalue weighted by Gasteiger charge is -2.12. The number of aliphatic hydroxyl groups excluding tert-OH is 1. The Labute approximate surface area is 170 Å². The van der Waals surface area contributed by atoms with Crippen LogP contribution in [0.3, 0.4) is 0 Å². The summed E-state index contributed by atoms with van der Waals surface area (Å²) in [5.41, 5.74) is 3.89. The van der Waals surface area contributed by atoms with Gasteiger partial charge >= 0.3 is 0 Å². The van der Waals surface area contributed by atoms with E-state index in [1.807, 2.05) is 36.3 Å². The maximum absolute atomic E-state index is 9.07. The average Bonchev–Trinajstić information content (AvgIpc) is 3.39. The molecule has 29 heavy (non-hydrogen) atoms. The van der Waals surface area contributed by atoms with Crippen LogP contribution in [0.1, 0.15) is 51.8 Å². The fourth-order valence-electron chi connectivity index (χ4n) is 3.30. The Morgan fingerprint density at radius 1 is 1.28 bits per heavy atom.